The average molecular weight is 428 g/mol. The summed E-state index contributed by atoms with van der Waals surface area (Å²) >= 11 is 0. The van der Waals surface area contributed by atoms with Gasteiger partial charge in [-0.05, 0) is 38.4 Å². The lowest BCUT2D eigenvalue weighted by atomic mass is 10.0. The number of ether oxygens (including phenoxy) is 1. The molecule has 0 radical (unpaired) electrons. The van der Waals surface area contributed by atoms with Crippen LogP contribution in [0.2, 0.25) is 0 Å². The molecule has 0 aliphatic carbocycles. The van der Waals surface area contributed by atoms with Crippen molar-refractivity contribution in [2.75, 3.05) is 32.6 Å². The average Bonchev–Trinajstić information content (AvgIpc) is 3.10. The predicted octanol–water partition coefficient (Wildman–Crippen LogP) is 2.85. The summed E-state index contributed by atoms with van der Waals surface area (Å²) in [5, 5.41) is 8.97. The lowest BCUT2D eigenvalue weighted by Crippen LogP contribution is -2.22. The highest BCUT2D eigenvalue weighted by Crippen LogP contribution is 2.28. The molecule has 11 heteroatoms. The second-order valence-corrected chi connectivity index (χ2v) is 7.09. The number of halogens is 2. The minimum atomic E-state index is -1.12. The number of rotatable bonds is 5. The minimum absolute atomic E-state index is 0.0172. The fourth-order valence-corrected chi connectivity index (χ4v) is 3.05. The highest BCUT2D eigenvalue weighted by molar-refractivity contribution is 5.96. The van der Waals surface area contributed by atoms with Crippen LogP contribution in [0.5, 0.6) is 0 Å². The molecule has 9 nitrogen and oxygen atoms in total. The maximum atomic E-state index is 13.8. The molecule has 0 aliphatic rings. The van der Waals surface area contributed by atoms with Gasteiger partial charge in [-0.15, -0.1) is 0 Å². The van der Waals surface area contributed by atoms with E-state index in [1.54, 1.807) is 18.2 Å². The van der Waals surface area contributed by atoms with Crippen LogP contribution in [0.4, 0.5) is 19.5 Å². The molecule has 31 heavy (non-hydrogen) atoms. The van der Waals surface area contributed by atoms with Gasteiger partial charge >= 0.3 is 6.09 Å². The molecule has 4 rings (SSSR count). The summed E-state index contributed by atoms with van der Waals surface area (Å²) in [6.45, 7) is 0.812. The summed E-state index contributed by atoms with van der Waals surface area (Å²) in [6, 6.07) is 6.79. The molecule has 0 fully saturated rings. The van der Waals surface area contributed by atoms with E-state index in [9.17, 15) is 18.4 Å². The van der Waals surface area contributed by atoms with Crippen molar-refractivity contribution in [2.24, 2.45) is 0 Å². The number of benzene rings is 2. The van der Waals surface area contributed by atoms with E-state index < -0.39 is 23.3 Å². The van der Waals surface area contributed by atoms with Gasteiger partial charge in [-0.1, -0.05) is 6.07 Å². The van der Waals surface area contributed by atoms with Crippen LogP contribution in [-0.4, -0.2) is 58.4 Å². The third-order valence-electron chi connectivity index (χ3n) is 4.58. The SMILES string of the molecule is CN(C)CCOC(=O)Nc1nc2ccc(-c3n[nH]c(=O)c4cc(F)c(F)cc34)cc2[nH]1. The quantitative estimate of drug-likeness (QED) is 0.450. The zero-order valence-corrected chi connectivity index (χ0v) is 16.6. The Morgan fingerprint density at radius 1 is 1.16 bits per heavy atom. The Labute approximate surface area is 174 Å². The number of aromatic amines is 2. The number of hydrogen-bond acceptors (Lipinski definition) is 6. The lowest BCUT2D eigenvalue weighted by molar-refractivity contribution is 0.151. The van der Waals surface area contributed by atoms with Crippen molar-refractivity contribution in [2.45, 2.75) is 0 Å². The van der Waals surface area contributed by atoms with Gasteiger partial charge in [-0.2, -0.15) is 5.10 Å². The van der Waals surface area contributed by atoms with Gasteiger partial charge in [0.05, 0.1) is 22.1 Å². The largest absolute Gasteiger partial charge is 0.448 e. The van der Waals surface area contributed by atoms with Crippen LogP contribution >= 0.6 is 0 Å². The standard InChI is InChI=1S/C20H18F2N6O3/c1-28(2)5-6-31-20(30)25-19-23-15-4-3-10(7-16(15)24-19)17-11-8-13(21)14(22)9-12(11)18(29)27-26-17/h3-4,7-9H,5-6H2,1-2H3,(H,27,29)(H2,23,24,25,30). The first-order valence-corrected chi connectivity index (χ1v) is 9.28. The number of H-pyrrole nitrogens is 2. The van der Waals surface area contributed by atoms with Crippen LogP contribution < -0.4 is 10.9 Å². The maximum Gasteiger partial charge on any atom is 0.414 e. The van der Waals surface area contributed by atoms with E-state index in [1.165, 1.54) is 0 Å². The highest BCUT2D eigenvalue weighted by atomic mass is 19.2. The number of aromatic nitrogens is 4. The minimum Gasteiger partial charge on any atom is -0.448 e. The first-order chi connectivity index (χ1) is 14.8. The van der Waals surface area contributed by atoms with Crippen molar-refractivity contribution in [1.82, 2.24) is 25.1 Å². The Morgan fingerprint density at radius 3 is 2.65 bits per heavy atom. The van der Waals surface area contributed by atoms with Crippen LogP contribution in [0.3, 0.4) is 0 Å². The Bertz CT molecular complexity index is 1350. The molecule has 0 bridgehead atoms. The number of fused-ring (bicyclic) bond motifs is 2. The number of imidazole rings is 1. The molecule has 2 heterocycles. The second-order valence-electron chi connectivity index (χ2n) is 7.09. The molecule has 0 aliphatic heterocycles. The molecule has 0 atom stereocenters. The van der Waals surface area contributed by atoms with Gasteiger partial charge in [0.25, 0.3) is 5.56 Å². The van der Waals surface area contributed by atoms with Crippen molar-refractivity contribution >= 4 is 33.8 Å². The number of nitrogens with zero attached hydrogens (tertiary/aromatic N) is 3. The van der Waals surface area contributed by atoms with Crippen molar-refractivity contribution in [3.8, 4) is 11.3 Å². The molecule has 2 aromatic heterocycles. The van der Waals surface area contributed by atoms with Crippen LogP contribution in [-0.2, 0) is 4.74 Å². The molecule has 2 aromatic carbocycles. The first kappa shape index (κ1) is 20.4. The molecule has 160 valence electrons. The van der Waals surface area contributed by atoms with Gasteiger partial charge in [0.2, 0.25) is 5.95 Å². The number of hydrogen-bond donors (Lipinski definition) is 3. The number of anilines is 1. The number of carbonyl (C=O) groups excluding carboxylic acids is 1. The van der Waals surface area contributed by atoms with Crippen LogP contribution in [0.25, 0.3) is 33.1 Å². The summed E-state index contributed by atoms with van der Waals surface area (Å²) in [6.07, 6.45) is -0.646. The molecule has 0 spiro atoms. The summed E-state index contributed by atoms with van der Waals surface area (Å²) in [5.74, 6) is -2.01. The van der Waals surface area contributed by atoms with Crippen molar-refractivity contribution in [1.29, 1.82) is 0 Å². The Kier molecular flexibility index (Phi) is 5.34. The molecule has 0 unspecified atom stereocenters. The zero-order chi connectivity index (χ0) is 22.1. The van der Waals surface area contributed by atoms with Gasteiger partial charge in [0.1, 0.15) is 6.61 Å². The first-order valence-electron chi connectivity index (χ1n) is 9.28. The van der Waals surface area contributed by atoms with E-state index in [0.29, 0.717) is 23.1 Å². The van der Waals surface area contributed by atoms with Gasteiger partial charge < -0.3 is 14.6 Å². The second kappa shape index (κ2) is 8.11. The molecule has 1 amide bonds. The monoisotopic (exact) mass is 428 g/mol. The number of carbonyl (C=O) groups is 1. The summed E-state index contributed by atoms with van der Waals surface area (Å²) < 4.78 is 32.5. The topological polar surface area (TPSA) is 116 Å². The third-order valence-corrected chi connectivity index (χ3v) is 4.58. The van der Waals surface area contributed by atoms with E-state index in [2.05, 4.69) is 25.5 Å². The van der Waals surface area contributed by atoms with E-state index in [-0.39, 0.29) is 29.0 Å². The van der Waals surface area contributed by atoms with E-state index in [1.807, 2.05) is 19.0 Å². The molecule has 4 aromatic rings. The Hall–Kier alpha value is -3.86. The molecule has 0 saturated carbocycles. The number of likely N-dealkylation sites (N-methyl/N-ethyl adjacent to an activating group) is 1. The summed E-state index contributed by atoms with van der Waals surface area (Å²) in [7, 11) is 3.73. The maximum absolute atomic E-state index is 13.8. The fourth-order valence-electron chi connectivity index (χ4n) is 3.05. The molecular formula is C20H18F2N6O3. The van der Waals surface area contributed by atoms with Crippen LogP contribution in [0.1, 0.15) is 0 Å². The normalized spacial score (nSPS) is 11.4. The summed E-state index contributed by atoms with van der Waals surface area (Å²) in [4.78, 5) is 32.9. The van der Waals surface area contributed by atoms with E-state index in [0.717, 1.165) is 12.1 Å². The van der Waals surface area contributed by atoms with E-state index >= 15 is 0 Å². The zero-order valence-electron chi connectivity index (χ0n) is 16.6. The predicted molar refractivity (Wildman–Crippen MR) is 111 cm³/mol. The Morgan fingerprint density at radius 2 is 1.90 bits per heavy atom. The van der Waals surface area contributed by atoms with Crippen LogP contribution in [0.15, 0.2) is 35.1 Å². The fraction of sp³-hybridized carbons (Fsp3) is 0.200. The van der Waals surface area contributed by atoms with Gasteiger partial charge in [-0.25, -0.2) is 23.7 Å². The molecular weight excluding hydrogens is 410 g/mol. The van der Waals surface area contributed by atoms with Crippen molar-refractivity contribution < 1.29 is 18.3 Å². The summed E-state index contributed by atoms with van der Waals surface area (Å²) in [5.41, 5.74) is 1.29. The Balaban J connectivity index is 1.65. The lowest BCUT2D eigenvalue weighted by Gasteiger charge is -2.09. The number of nitrogens with one attached hydrogen (secondary N) is 3. The van der Waals surface area contributed by atoms with Crippen LogP contribution in [0, 0.1) is 11.6 Å². The number of amides is 1. The van der Waals surface area contributed by atoms with Crippen molar-refractivity contribution in [3.05, 3.63) is 52.3 Å². The molecule has 3 N–H and O–H groups in total. The highest BCUT2D eigenvalue weighted by Gasteiger charge is 2.15. The van der Waals surface area contributed by atoms with Gasteiger partial charge in [0.15, 0.2) is 11.6 Å². The smallest absolute Gasteiger partial charge is 0.414 e. The van der Waals surface area contributed by atoms with Gasteiger partial charge in [0, 0.05) is 17.5 Å². The molecule has 0 saturated heterocycles. The third kappa shape index (κ3) is 4.21. The van der Waals surface area contributed by atoms with Gasteiger partial charge in [-0.3, -0.25) is 10.1 Å². The van der Waals surface area contributed by atoms with E-state index in [4.69, 9.17) is 4.74 Å². The van der Waals surface area contributed by atoms with Crippen molar-refractivity contribution in [3.63, 3.8) is 0 Å².